The van der Waals surface area contributed by atoms with E-state index in [0.717, 1.165) is 11.1 Å². The molecule has 2 N–H and O–H groups in total. The van der Waals surface area contributed by atoms with E-state index >= 15 is 0 Å². The lowest BCUT2D eigenvalue weighted by Crippen LogP contribution is -2.19. The predicted octanol–water partition coefficient (Wildman–Crippen LogP) is 3.13. The van der Waals surface area contributed by atoms with Gasteiger partial charge in [-0.05, 0) is 50.2 Å². The van der Waals surface area contributed by atoms with Crippen LogP contribution in [-0.2, 0) is 5.60 Å². The van der Waals surface area contributed by atoms with E-state index in [-0.39, 0.29) is 0 Å². The van der Waals surface area contributed by atoms with Gasteiger partial charge in [-0.1, -0.05) is 19.1 Å². The van der Waals surface area contributed by atoms with E-state index in [1.54, 1.807) is 26.0 Å². The highest BCUT2D eigenvalue weighted by molar-refractivity contribution is 5.44. The van der Waals surface area contributed by atoms with Crippen LogP contribution in [0.4, 0.5) is 0 Å². The SMILES string of the molecule is CC(c1c(O)cccc1C(C)(C)O)C1CC1. The maximum absolute atomic E-state index is 10.1. The first-order valence-electron chi connectivity index (χ1n) is 5.96. The maximum Gasteiger partial charge on any atom is 0.119 e. The summed E-state index contributed by atoms with van der Waals surface area (Å²) in [6.45, 7) is 5.68. The third-order valence-corrected chi connectivity index (χ3v) is 3.53. The Morgan fingerprint density at radius 1 is 1.31 bits per heavy atom. The van der Waals surface area contributed by atoms with Gasteiger partial charge in [0.1, 0.15) is 5.75 Å². The minimum absolute atomic E-state index is 0.319. The topological polar surface area (TPSA) is 40.5 Å². The van der Waals surface area contributed by atoms with Gasteiger partial charge in [0.05, 0.1) is 5.60 Å². The lowest BCUT2D eigenvalue weighted by molar-refractivity contribution is 0.0768. The summed E-state index contributed by atoms with van der Waals surface area (Å²) in [5.41, 5.74) is 0.890. The van der Waals surface area contributed by atoms with Crippen molar-refractivity contribution in [1.82, 2.24) is 0 Å². The molecule has 0 aliphatic heterocycles. The molecule has 1 fully saturated rings. The number of aliphatic hydroxyl groups is 1. The number of hydrogen-bond acceptors (Lipinski definition) is 2. The zero-order valence-corrected chi connectivity index (χ0v) is 10.2. The van der Waals surface area contributed by atoms with Gasteiger partial charge in [-0.15, -0.1) is 0 Å². The van der Waals surface area contributed by atoms with Crippen LogP contribution in [0, 0.1) is 5.92 Å². The molecule has 1 aromatic carbocycles. The quantitative estimate of drug-likeness (QED) is 0.821. The molecule has 0 amide bonds. The molecule has 0 bridgehead atoms. The fourth-order valence-corrected chi connectivity index (χ4v) is 2.40. The molecule has 2 rings (SSSR count). The Balaban J connectivity index is 2.48. The Kier molecular flexibility index (Phi) is 2.70. The van der Waals surface area contributed by atoms with Crippen LogP contribution in [0.5, 0.6) is 5.75 Å². The first kappa shape index (κ1) is 11.5. The molecular weight excluding hydrogens is 200 g/mol. The highest BCUT2D eigenvalue weighted by atomic mass is 16.3. The van der Waals surface area contributed by atoms with Crippen molar-refractivity contribution in [3.8, 4) is 5.75 Å². The lowest BCUT2D eigenvalue weighted by Gasteiger charge is -2.25. The van der Waals surface area contributed by atoms with E-state index in [9.17, 15) is 10.2 Å². The summed E-state index contributed by atoms with van der Waals surface area (Å²) in [4.78, 5) is 0. The Hall–Kier alpha value is -1.02. The van der Waals surface area contributed by atoms with Crippen molar-refractivity contribution >= 4 is 0 Å². The first-order chi connectivity index (χ1) is 7.41. The van der Waals surface area contributed by atoms with Gasteiger partial charge in [0.2, 0.25) is 0 Å². The highest BCUT2D eigenvalue weighted by Gasteiger charge is 2.34. The van der Waals surface area contributed by atoms with E-state index in [0.29, 0.717) is 17.6 Å². The average molecular weight is 220 g/mol. The number of aromatic hydroxyl groups is 1. The van der Waals surface area contributed by atoms with Gasteiger partial charge in [-0.25, -0.2) is 0 Å². The molecule has 0 saturated heterocycles. The number of phenolic OH excluding ortho intramolecular Hbond substituents is 1. The fourth-order valence-electron chi connectivity index (χ4n) is 2.40. The largest absolute Gasteiger partial charge is 0.508 e. The molecule has 0 spiro atoms. The van der Waals surface area contributed by atoms with Crippen molar-refractivity contribution in [2.24, 2.45) is 5.92 Å². The van der Waals surface area contributed by atoms with Gasteiger partial charge in [0, 0.05) is 5.56 Å². The smallest absolute Gasteiger partial charge is 0.119 e. The van der Waals surface area contributed by atoms with Crippen molar-refractivity contribution in [2.45, 2.75) is 45.1 Å². The minimum Gasteiger partial charge on any atom is -0.508 e. The van der Waals surface area contributed by atoms with Crippen LogP contribution in [0.2, 0.25) is 0 Å². The molecule has 88 valence electrons. The molecule has 0 heterocycles. The summed E-state index contributed by atoms with van der Waals surface area (Å²) < 4.78 is 0. The molecular formula is C14H20O2. The van der Waals surface area contributed by atoms with Gasteiger partial charge in [-0.3, -0.25) is 0 Å². The molecule has 1 saturated carbocycles. The summed E-state index contributed by atoms with van der Waals surface area (Å²) >= 11 is 0. The van der Waals surface area contributed by atoms with Crippen molar-refractivity contribution in [1.29, 1.82) is 0 Å². The highest BCUT2D eigenvalue weighted by Crippen LogP contribution is 2.47. The first-order valence-corrected chi connectivity index (χ1v) is 5.96. The molecule has 1 atom stereocenters. The summed E-state index contributed by atoms with van der Waals surface area (Å²) in [5.74, 6) is 1.33. The van der Waals surface area contributed by atoms with E-state index in [1.807, 2.05) is 6.07 Å². The molecule has 1 aromatic rings. The molecule has 1 unspecified atom stereocenters. The Labute approximate surface area is 96.9 Å². The fraction of sp³-hybridized carbons (Fsp3) is 0.571. The van der Waals surface area contributed by atoms with Crippen molar-refractivity contribution < 1.29 is 10.2 Å². The van der Waals surface area contributed by atoms with Crippen LogP contribution < -0.4 is 0 Å². The Morgan fingerprint density at radius 3 is 2.44 bits per heavy atom. The Bertz CT molecular complexity index is 386. The van der Waals surface area contributed by atoms with Crippen LogP contribution in [0.3, 0.4) is 0 Å². The zero-order chi connectivity index (χ0) is 11.9. The zero-order valence-electron chi connectivity index (χ0n) is 10.2. The second kappa shape index (κ2) is 3.77. The van der Waals surface area contributed by atoms with E-state index in [1.165, 1.54) is 12.8 Å². The van der Waals surface area contributed by atoms with Gasteiger partial charge in [-0.2, -0.15) is 0 Å². The van der Waals surface area contributed by atoms with Crippen LogP contribution >= 0.6 is 0 Å². The average Bonchev–Trinajstić information content (AvgIpc) is 2.98. The molecule has 1 aliphatic carbocycles. The van der Waals surface area contributed by atoms with Crippen molar-refractivity contribution in [2.75, 3.05) is 0 Å². The number of phenols is 1. The van der Waals surface area contributed by atoms with Crippen LogP contribution in [0.1, 0.15) is 50.7 Å². The summed E-state index contributed by atoms with van der Waals surface area (Å²) in [6.07, 6.45) is 2.47. The maximum atomic E-state index is 10.1. The van der Waals surface area contributed by atoms with Crippen molar-refractivity contribution in [3.63, 3.8) is 0 Å². The normalized spacial score (nSPS) is 18.5. The van der Waals surface area contributed by atoms with Gasteiger partial charge >= 0.3 is 0 Å². The van der Waals surface area contributed by atoms with Crippen LogP contribution in [-0.4, -0.2) is 10.2 Å². The monoisotopic (exact) mass is 220 g/mol. The predicted molar refractivity (Wildman–Crippen MR) is 64.5 cm³/mol. The molecule has 0 aromatic heterocycles. The van der Waals surface area contributed by atoms with Crippen molar-refractivity contribution in [3.05, 3.63) is 29.3 Å². The van der Waals surface area contributed by atoms with Gasteiger partial charge in [0.25, 0.3) is 0 Å². The van der Waals surface area contributed by atoms with Gasteiger partial charge in [0.15, 0.2) is 0 Å². The molecule has 2 nitrogen and oxygen atoms in total. The molecule has 2 heteroatoms. The standard InChI is InChI=1S/C14H20O2/c1-9(10-7-8-10)13-11(14(2,3)16)5-4-6-12(13)15/h4-6,9-10,15-16H,7-8H2,1-3H3. The minimum atomic E-state index is -0.892. The number of rotatable bonds is 3. The van der Waals surface area contributed by atoms with Crippen LogP contribution in [0.15, 0.2) is 18.2 Å². The van der Waals surface area contributed by atoms with Gasteiger partial charge < -0.3 is 10.2 Å². The van der Waals surface area contributed by atoms with E-state index in [2.05, 4.69) is 6.92 Å². The molecule has 0 radical (unpaired) electrons. The third-order valence-electron chi connectivity index (χ3n) is 3.53. The second-order valence-electron chi connectivity index (χ2n) is 5.42. The summed E-state index contributed by atoms with van der Waals surface area (Å²) in [6, 6.07) is 5.42. The van der Waals surface area contributed by atoms with Crippen LogP contribution in [0.25, 0.3) is 0 Å². The van der Waals surface area contributed by atoms with E-state index in [4.69, 9.17) is 0 Å². The summed E-state index contributed by atoms with van der Waals surface area (Å²) in [5, 5.41) is 20.1. The molecule has 1 aliphatic rings. The lowest BCUT2D eigenvalue weighted by atomic mass is 9.84. The second-order valence-corrected chi connectivity index (χ2v) is 5.42. The third kappa shape index (κ3) is 2.07. The number of benzene rings is 1. The molecule has 16 heavy (non-hydrogen) atoms. The Morgan fingerprint density at radius 2 is 1.94 bits per heavy atom. The number of hydrogen-bond donors (Lipinski definition) is 2. The summed E-state index contributed by atoms with van der Waals surface area (Å²) in [7, 11) is 0. The van der Waals surface area contributed by atoms with E-state index < -0.39 is 5.60 Å².